The van der Waals surface area contributed by atoms with Gasteiger partial charge < -0.3 is 15.4 Å². The largest absolute Gasteiger partial charge is 0.483 e. The summed E-state index contributed by atoms with van der Waals surface area (Å²) in [6.07, 6.45) is 2.08. The number of anilines is 1. The number of Topliss-reactive ketones (excluding diaryl/α,β-unsaturated/α-hetero) is 2. The maximum Gasteiger partial charge on any atom is 0.262 e. The Morgan fingerprint density at radius 1 is 0.949 bits per heavy atom. The van der Waals surface area contributed by atoms with Gasteiger partial charge in [0.15, 0.2) is 18.2 Å². The first kappa shape index (κ1) is 27.1. The summed E-state index contributed by atoms with van der Waals surface area (Å²) >= 11 is 6.45. The highest BCUT2D eigenvalue weighted by molar-refractivity contribution is 6.30. The average Bonchev–Trinajstić information content (AvgIpc) is 2.82. The topological polar surface area (TPSA) is 84.5 Å². The zero-order valence-electron chi connectivity index (χ0n) is 22.5. The molecule has 0 spiro atoms. The molecule has 39 heavy (non-hydrogen) atoms. The maximum atomic E-state index is 13.6. The molecule has 0 saturated heterocycles. The Kier molecular flexibility index (Phi) is 6.91. The summed E-state index contributed by atoms with van der Waals surface area (Å²) < 4.78 is 19.2. The van der Waals surface area contributed by atoms with Gasteiger partial charge in [-0.25, -0.2) is 4.39 Å². The lowest BCUT2D eigenvalue weighted by Gasteiger charge is -2.44. The van der Waals surface area contributed by atoms with Gasteiger partial charge in [-0.3, -0.25) is 14.4 Å². The van der Waals surface area contributed by atoms with Crippen LogP contribution < -0.4 is 15.4 Å². The summed E-state index contributed by atoms with van der Waals surface area (Å²) in [5, 5.41) is 6.61. The lowest BCUT2D eigenvalue weighted by molar-refractivity contribution is -0.120. The quantitative estimate of drug-likeness (QED) is 0.446. The van der Waals surface area contributed by atoms with E-state index in [9.17, 15) is 18.8 Å². The maximum absolute atomic E-state index is 13.6. The van der Waals surface area contributed by atoms with Crippen molar-refractivity contribution in [3.63, 3.8) is 0 Å². The lowest BCUT2D eigenvalue weighted by Crippen LogP contribution is -2.42. The van der Waals surface area contributed by atoms with E-state index in [1.807, 2.05) is 0 Å². The molecule has 0 atom stereocenters. The summed E-state index contributed by atoms with van der Waals surface area (Å²) in [4.78, 5) is 39.9. The molecule has 1 heterocycles. The predicted octanol–water partition coefficient (Wildman–Crippen LogP) is 6.47. The predicted molar refractivity (Wildman–Crippen MR) is 148 cm³/mol. The standard InChI is InChI=1S/C31H32ClFN2O4/c1-30(2)12-21-28(23(36)14-30)27(29-22(35-21)13-31(3,4)15-24(29)37)20-11-17(32)5-10-25(20)39-16-26(38)34-19-8-6-18(33)7-9-19/h5-11,27,35H,12-16H2,1-4H3,(H,34,38). The van der Waals surface area contributed by atoms with Crippen molar-refractivity contribution in [3.8, 4) is 5.75 Å². The molecule has 0 aromatic heterocycles. The Morgan fingerprint density at radius 2 is 1.51 bits per heavy atom. The highest BCUT2D eigenvalue weighted by Crippen LogP contribution is 2.52. The minimum atomic E-state index is -0.641. The van der Waals surface area contributed by atoms with Gasteiger partial charge in [0.2, 0.25) is 0 Å². The Bertz CT molecular complexity index is 1390. The summed E-state index contributed by atoms with van der Waals surface area (Å²) in [7, 11) is 0. The number of hydrogen-bond acceptors (Lipinski definition) is 5. The second-order valence-corrected chi connectivity index (χ2v) is 12.7. The first-order chi connectivity index (χ1) is 18.3. The van der Waals surface area contributed by atoms with Gasteiger partial charge in [-0.05, 0) is 66.1 Å². The van der Waals surface area contributed by atoms with E-state index in [0.29, 0.717) is 58.9 Å². The summed E-state index contributed by atoms with van der Waals surface area (Å²) in [6.45, 7) is 7.95. The van der Waals surface area contributed by atoms with Crippen LogP contribution in [0.2, 0.25) is 5.02 Å². The van der Waals surface area contributed by atoms with Crippen molar-refractivity contribution in [3.05, 3.63) is 81.4 Å². The van der Waals surface area contributed by atoms with Gasteiger partial charge in [-0.15, -0.1) is 0 Å². The van der Waals surface area contributed by atoms with Gasteiger partial charge in [-0.2, -0.15) is 0 Å². The van der Waals surface area contributed by atoms with Crippen LogP contribution in [0, 0.1) is 16.6 Å². The monoisotopic (exact) mass is 550 g/mol. The van der Waals surface area contributed by atoms with E-state index in [1.54, 1.807) is 18.2 Å². The number of ether oxygens (including phenoxy) is 1. The number of dihydropyridines is 1. The van der Waals surface area contributed by atoms with E-state index in [2.05, 4.69) is 38.3 Å². The smallest absolute Gasteiger partial charge is 0.262 e. The van der Waals surface area contributed by atoms with Crippen molar-refractivity contribution in [1.82, 2.24) is 5.32 Å². The van der Waals surface area contributed by atoms with Crippen LogP contribution in [0.1, 0.15) is 64.9 Å². The molecule has 2 aromatic carbocycles. The highest BCUT2D eigenvalue weighted by Gasteiger charge is 2.47. The van der Waals surface area contributed by atoms with Gasteiger partial charge in [0.25, 0.3) is 5.91 Å². The molecule has 8 heteroatoms. The second kappa shape index (κ2) is 9.94. The van der Waals surface area contributed by atoms with E-state index in [1.165, 1.54) is 24.3 Å². The normalized spacial score (nSPS) is 20.3. The fourth-order valence-electron chi connectivity index (χ4n) is 5.95. The highest BCUT2D eigenvalue weighted by atomic mass is 35.5. The Balaban J connectivity index is 1.53. The third-order valence-corrected chi connectivity index (χ3v) is 7.72. The molecule has 0 saturated carbocycles. The molecule has 1 amide bonds. The van der Waals surface area contributed by atoms with Crippen LogP contribution in [0.15, 0.2) is 65.0 Å². The van der Waals surface area contributed by atoms with E-state index in [0.717, 1.165) is 11.4 Å². The molecule has 1 aliphatic heterocycles. The number of rotatable bonds is 5. The molecule has 2 N–H and O–H groups in total. The fourth-order valence-corrected chi connectivity index (χ4v) is 6.13. The van der Waals surface area contributed by atoms with Gasteiger partial charge >= 0.3 is 0 Å². The minimum Gasteiger partial charge on any atom is -0.483 e. The fraction of sp³-hybridized carbons (Fsp3) is 0.387. The molecule has 5 rings (SSSR count). The van der Waals surface area contributed by atoms with Crippen LogP contribution in [0.5, 0.6) is 5.75 Å². The van der Waals surface area contributed by atoms with Crippen LogP contribution >= 0.6 is 11.6 Å². The number of halogens is 2. The second-order valence-electron chi connectivity index (χ2n) is 12.3. The third kappa shape index (κ3) is 5.64. The van der Waals surface area contributed by atoms with Crippen LogP contribution in [0.4, 0.5) is 10.1 Å². The number of nitrogens with one attached hydrogen (secondary N) is 2. The SMILES string of the molecule is CC1(C)CC(=O)C2=C(C1)NC1=C(C(=O)CC(C)(C)C1)C2c1cc(Cl)ccc1OCC(=O)Nc1ccc(F)cc1. The summed E-state index contributed by atoms with van der Waals surface area (Å²) in [5.74, 6) is -1.13. The molecule has 3 aliphatic rings. The molecule has 0 radical (unpaired) electrons. The first-order valence-corrected chi connectivity index (χ1v) is 13.5. The van der Waals surface area contributed by atoms with E-state index < -0.39 is 17.6 Å². The third-order valence-electron chi connectivity index (χ3n) is 7.49. The number of benzene rings is 2. The van der Waals surface area contributed by atoms with Crippen LogP contribution in [-0.4, -0.2) is 24.1 Å². The van der Waals surface area contributed by atoms with Gasteiger partial charge in [0, 0.05) is 57.6 Å². The van der Waals surface area contributed by atoms with Gasteiger partial charge in [-0.1, -0.05) is 39.3 Å². The molecule has 2 aliphatic carbocycles. The van der Waals surface area contributed by atoms with E-state index >= 15 is 0 Å². The Hall–Kier alpha value is -3.45. The molecule has 0 bridgehead atoms. The van der Waals surface area contributed by atoms with Crippen molar-refractivity contribution in [2.45, 2.75) is 59.3 Å². The minimum absolute atomic E-state index is 0.0112. The number of ketones is 2. The molecule has 0 fully saturated rings. The Morgan fingerprint density at radius 3 is 2.08 bits per heavy atom. The molecule has 2 aromatic rings. The van der Waals surface area contributed by atoms with Gasteiger partial charge in [0.05, 0.1) is 0 Å². The van der Waals surface area contributed by atoms with Crippen molar-refractivity contribution in [1.29, 1.82) is 0 Å². The van der Waals surface area contributed by atoms with E-state index in [4.69, 9.17) is 16.3 Å². The van der Waals surface area contributed by atoms with Crippen molar-refractivity contribution in [2.75, 3.05) is 11.9 Å². The van der Waals surface area contributed by atoms with Crippen molar-refractivity contribution >= 4 is 34.8 Å². The lowest BCUT2D eigenvalue weighted by atomic mass is 9.64. The molecule has 6 nitrogen and oxygen atoms in total. The van der Waals surface area contributed by atoms with Crippen molar-refractivity contribution < 1.29 is 23.5 Å². The van der Waals surface area contributed by atoms with Crippen molar-refractivity contribution in [2.24, 2.45) is 10.8 Å². The number of hydrogen-bond donors (Lipinski definition) is 2. The van der Waals surface area contributed by atoms with Gasteiger partial charge in [0.1, 0.15) is 11.6 Å². The number of carbonyl (C=O) groups is 3. The first-order valence-electron chi connectivity index (χ1n) is 13.1. The zero-order valence-corrected chi connectivity index (χ0v) is 23.3. The van der Waals surface area contributed by atoms with Crippen LogP contribution in [0.25, 0.3) is 0 Å². The number of allylic oxidation sites excluding steroid dienone is 4. The van der Waals surface area contributed by atoms with E-state index in [-0.39, 0.29) is 29.0 Å². The number of carbonyl (C=O) groups excluding carboxylic acids is 3. The van der Waals surface area contributed by atoms with Crippen LogP contribution in [0.3, 0.4) is 0 Å². The molecular weight excluding hydrogens is 519 g/mol. The number of amides is 1. The average molecular weight is 551 g/mol. The molecule has 0 unspecified atom stereocenters. The van der Waals surface area contributed by atoms with Crippen LogP contribution in [-0.2, 0) is 14.4 Å². The zero-order chi connectivity index (χ0) is 28.1. The Labute approximate surface area is 232 Å². The summed E-state index contributed by atoms with van der Waals surface area (Å²) in [6, 6.07) is 10.5. The molecular formula is C31H32ClFN2O4. The molecule has 204 valence electrons. The summed E-state index contributed by atoms with van der Waals surface area (Å²) in [5.41, 5.74) is 3.41.